The highest BCUT2D eigenvalue weighted by atomic mass is 16.3. The molecule has 5 nitrogen and oxygen atoms in total. The standard InChI is InChI=1S/C14H21N3O2/c18-12(9-4-1-2-5-9)8-15-14(19)13-10-6-3-7-11(10)16-17-13/h9,12,18H,1-8H2,(H,15,19)(H,16,17). The highest BCUT2D eigenvalue weighted by molar-refractivity contribution is 5.94. The van der Waals surface area contributed by atoms with E-state index in [0.29, 0.717) is 18.2 Å². The lowest BCUT2D eigenvalue weighted by Crippen LogP contribution is -2.36. The molecule has 19 heavy (non-hydrogen) atoms. The number of aliphatic hydroxyl groups is 1. The minimum absolute atomic E-state index is 0.156. The Labute approximate surface area is 112 Å². The summed E-state index contributed by atoms with van der Waals surface area (Å²) in [5, 5.41) is 19.9. The van der Waals surface area contributed by atoms with Crippen LogP contribution >= 0.6 is 0 Å². The van der Waals surface area contributed by atoms with Crippen molar-refractivity contribution in [2.75, 3.05) is 6.54 Å². The van der Waals surface area contributed by atoms with E-state index in [2.05, 4.69) is 15.5 Å². The average Bonchev–Trinajstić information content (AvgIpc) is 3.10. The van der Waals surface area contributed by atoms with Gasteiger partial charge in [-0.1, -0.05) is 12.8 Å². The van der Waals surface area contributed by atoms with Gasteiger partial charge in [0.05, 0.1) is 6.10 Å². The average molecular weight is 263 g/mol. The zero-order valence-corrected chi connectivity index (χ0v) is 11.1. The molecule has 3 rings (SSSR count). The van der Waals surface area contributed by atoms with Crippen LogP contribution in [-0.2, 0) is 12.8 Å². The molecule has 2 aliphatic rings. The molecular formula is C14H21N3O2. The predicted molar refractivity (Wildman–Crippen MR) is 70.9 cm³/mol. The lowest BCUT2D eigenvalue weighted by molar-refractivity contribution is 0.0836. The maximum absolute atomic E-state index is 12.1. The molecular weight excluding hydrogens is 242 g/mol. The lowest BCUT2D eigenvalue weighted by atomic mass is 10.0. The van der Waals surface area contributed by atoms with Crippen LogP contribution in [0.5, 0.6) is 0 Å². The van der Waals surface area contributed by atoms with Crippen molar-refractivity contribution >= 4 is 5.91 Å². The van der Waals surface area contributed by atoms with Gasteiger partial charge in [-0.15, -0.1) is 0 Å². The summed E-state index contributed by atoms with van der Waals surface area (Å²) in [6, 6.07) is 0. The Bertz CT molecular complexity index is 463. The van der Waals surface area contributed by atoms with Crippen molar-refractivity contribution in [1.82, 2.24) is 15.5 Å². The van der Waals surface area contributed by atoms with Gasteiger partial charge in [-0.2, -0.15) is 5.10 Å². The van der Waals surface area contributed by atoms with Gasteiger partial charge < -0.3 is 10.4 Å². The van der Waals surface area contributed by atoms with Crippen molar-refractivity contribution in [1.29, 1.82) is 0 Å². The number of aromatic nitrogens is 2. The second-order valence-corrected chi connectivity index (χ2v) is 5.70. The minimum Gasteiger partial charge on any atom is -0.391 e. The molecule has 1 fully saturated rings. The molecule has 1 atom stereocenters. The Morgan fingerprint density at radius 1 is 1.37 bits per heavy atom. The van der Waals surface area contributed by atoms with Crippen LogP contribution < -0.4 is 5.32 Å². The topological polar surface area (TPSA) is 78.0 Å². The maximum Gasteiger partial charge on any atom is 0.272 e. The summed E-state index contributed by atoms with van der Waals surface area (Å²) in [7, 11) is 0. The molecule has 3 N–H and O–H groups in total. The zero-order valence-electron chi connectivity index (χ0n) is 11.1. The van der Waals surface area contributed by atoms with E-state index in [9.17, 15) is 9.90 Å². The van der Waals surface area contributed by atoms with E-state index < -0.39 is 6.10 Å². The first-order chi connectivity index (χ1) is 9.25. The van der Waals surface area contributed by atoms with Gasteiger partial charge >= 0.3 is 0 Å². The Morgan fingerprint density at radius 3 is 2.95 bits per heavy atom. The number of rotatable bonds is 4. The van der Waals surface area contributed by atoms with Gasteiger partial charge in [0.2, 0.25) is 0 Å². The van der Waals surface area contributed by atoms with Gasteiger partial charge in [0.1, 0.15) is 0 Å². The first-order valence-electron chi connectivity index (χ1n) is 7.28. The number of fused-ring (bicyclic) bond motifs is 1. The van der Waals surface area contributed by atoms with Gasteiger partial charge in [-0.25, -0.2) is 0 Å². The highest BCUT2D eigenvalue weighted by Crippen LogP contribution is 2.27. The van der Waals surface area contributed by atoms with E-state index in [0.717, 1.165) is 43.4 Å². The molecule has 1 unspecified atom stereocenters. The molecule has 5 heteroatoms. The third kappa shape index (κ3) is 2.52. The largest absolute Gasteiger partial charge is 0.391 e. The zero-order chi connectivity index (χ0) is 13.2. The van der Waals surface area contributed by atoms with Gasteiger partial charge in [0, 0.05) is 17.8 Å². The summed E-state index contributed by atoms with van der Waals surface area (Å²) in [5.41, 5.74) is 2.68. The van der Waals surface area contributed by atoms with Crippen LogP contribution in [0.4, 0.5) is 0 Å². The summed E-state index contributed by atoms with van der Waals surface area (Å²) in [6.45, 7) is 0.338. The van der Waals surface area contributed by atoms with Crippen molar-refractivity contribution < 1.29 is 9.90 Å². The summed E-state index contributed by atoms with van der Waals surface area (Å²) in [6.07, 6.45) is 7.14. The second kappa shape index (κ2) is 5.33. The van der Waals surface area contributed by atoms with Crippen molar-refractivity contribution in [3.05, 3.63) is 17.0 Å². The van der Waals surface area contributed by atoms with Crippen LogP contribution in [0, 0.1) is 5.92 Å². The fraction of sp³-hybridized carbons (Fsp3) is 0.714. The SMILES string of the molecule is O=C(NCC(O)C1CCCC1)c1n[nH]c2c1CCC2. The Hall–Kier alpha value is -1.36. The lowest BCUT2D eigenvalue weighted by Gasteiger charge is -2.17. The van der Waals surface area contributed by atoms with Gasteiger partial charge in [0.15, 0.2) is 5.69 Å². The maximum atomic E-state index is 12.1. The number of hydrogen-bond donors (Lipinski definition) is 3. The molecule has 0 bridgehead atoms. The Kier molecular flexibility index (Phi) is 3.55. The van der Waals surface area contributed by atoms with Crippen LogP contribution in [-0.4, -0.2) is 33.9 Å². The molecule has 0 aromatic carbocycles. The molecule has 1 amide bonds. The molecule has 0 aliphatic heterocycles. The van der Waals surface area contributed by atoms with E-state index in [1.54, 1.807) is 0 Å². The minimum atomic E-state index is -0.418. The van der Waals surface area contributed by atoms with Crippen LogP contribution in [0.1, 0.15) is 53.8 Å². The van der Waals surface area contributed by atoms with Crippen molar-refractivity contribution in [3.8, 4) is 0 Å². The number of aliphatic hydroxyl groups excluding tert-OH is 1. The van der Waals surface area contributed by atoms with E-state index in [4.69, 9.17) is 0 Å². The van der Waals surface area contributed by atoms with Crippen LogP contribution in [0.2, 0.25) is 0 Å². The van der Waals surface area contributed by atoms with Crippen molar-refractivity contribution in [3.63, 3.8) is 0 Å². The van der Waals surface area contributed by atoms with Gasteiger partial charge in [-0.3, -0.25) is 9.89 Å². The van der Waals surface area contributed by atoms with E-state index in [-0.39, 0.29) is 5.91 Å². The number of carbonyl (C=O) groups is 1. The van der Waals surface area contributed by atoms with E-state index >= 15 is 0 Å². The number of hydrogen-bond acceptors (Lipinski definition) is 3. The monoisotopic (exact) mass is 263 g/mol. The molecule has 104 valence electrons. The smallest absolute Gasteiger partial charge is 0.272 e. The van der Waals surface area contributed by atoms with Crippen molar-refractivity contribution in [2.24, 2.45) is 5.92 Å². The normalized spacial score (nSPS) is 20.5. The number of H-pyrrole nitrogens is 1. The van der Waals surface area contributed by atoms with Gasteiger partial charge in [0.25, 0.3) is 5.91 Å². The molecule has 1 aromatic heterocycles. The summed E-state index contributed by atoms with van der Waals surface area (Å²) in [4.78, 5) is 12.1. The molecule has 1 saturated carbocycles. The third-order valence-electron chi connectivity index (χ3n) is 4.44. The van der Waals surface area contributed by atoms with Crippen LogP contribution in [0.15, 0.2) is 0 Å². The first kappa shape index (κ1) is 12.7. The molecule has 0 spiro atoms. The summed E-state index contributed by atoms with van der Waals surface area (Å²) >= 11 is 0. The van der Waals surface area contributed by atoms with Crippen molar-refractivity contribution in [2.45, 2.75) is 51.0 Å². The molecule has 1 heterocycles. The summed E-state index contributed by atoms with van der Waals surface area (Å²) < 4.78 is 0. The second-order valence-electron chi connectivity index (χ2n) is 5.70. The van der Waals surface area contributed by atoms with E-state index in [1.165, 1.54) is 12.8 Å². The van der Waals surface area contributed by atoms with Crippen LogP contribution in [0.3, 0.4) is 0 Å². The molecule has 1 aromatic rings. The number of nitrogens with one attached hydrogen (secondary N) is 2. The number of aryl methyl sites for hydroxylation is 1. The Balaban J connectivity index is 1.56. The number of amides is 1. The fourth-order valence-electron chi connectivity index (χ4n) is 3.30. The quantitative estimate of drug-likeness (QED) is 0.763. The molecule has 0 radical (unpaired) electrons. The number of aromatic amines is 1. The summed E-state index contributed by atoms with van der Waals surface area (Å²) in [5.74, 6) is 0.196. The molecule has 0 saturated heterocycles. The fourth-order valence-corrected chi connectivity index (χ4v) is 3.30. The number of nitrogens with zero attached hydrogens (tertiary/aromatic N) is 1. The van der Waals surface area contributed by atoms with Gasteiger partial charge in [-0.05, 0) is 38.0 Å². The predicted octanol–water partition coefficient (Wildman–Crippen LogP) is 1.18. The first-order valence-corrected chi connectivity index (χ1v) is 7.28. The Morgan fingerprint density at radius 2 is 2.16 bits per heavy atom. The van der Waals surface area contributed by atoms with E-state index in [1.807, 2.05) is 0 Å². The number of carbonyl (C=O) groups excluding carboxylic acids is 1. The van der Waals surface area contributed by atoms with Crippen LogP contribution in [0.25, 0.3) is 0 Å². The third-order valence-corrected chi connectivity index (χ3v) is 4.44. The highest BCUT2D eigenvalue weighted by Gasteiger charge is 2.26. The molecule has 2 aliphatic carbocycles.